The highest BCUT2D eigenvalue weighted by atomic mass is 35.5. The minimum Gasteiger partial charge on any atom is -0.449 e. The van der Waals surface area contributed by atoms with Gasteiger partial charge in [0.25, 0.3) is 0 Å². The second-order valence-electron chi connectivity index (χ2n) is 14.3. The lowest BCUT2D eigenvalue weighted by atomic mass is 9.96. The number of rotatable bonds is 10. The van der Waals surface area contributed by atoms with Gasteiger partial charge in [-0.05, 0) is 87.7 Å². The van der Waals surface area contributed by atoms with Crippen molar-refractivity contribution in [1.82, 2.24) is 20.1 Å². The van der Waals surface area contributed by atoms with Crippen molar-refractivity contribution in [3.8, 4) is 33.4 Å². The summed E-state index contributed by atoms with van der Waals surface area (Å²) >= 11 is 8.54. The third-order valence-electron chi connectivity index (χ3n) is 11.1. The van der Waals surface area contributed by atoms with Gasteiger partial charge < -0.3 is 15.2 Å². The zero-order valence-electron chi connectivity index (χ0n) is 31.0. The molecule has 0 fully saturated rings. The first-order valence-corrected chi connectivity index (χ1v) is 20.0. The summed E-state index contributed by atoms with van der Waals surface area (Å²) in [6.07, 6.45) is 1.18. The molecule has 1 amide bonds. The number of aromatic nitrogens is 3. The number of fused-ring (bicyclic) bond motifs is 6. The third-order valence-corrected chi connectivity index (χ3v) is 12.8. The van der Waals surface area contributed by atoms with Gasteiger partial charge in [-0.2, -0.15) is 5.10 Å². The van der Waals surface area contributed by atoms with Crippen molar-refractivity contribution in [2.24, 2.45) is 0 Å². The van der Waals surface area contributed by atoms with Crippen molar-refractivity contribution in [3.63, 3.8) is 0 Å². The number of halogens is 1. The summed E-state index contributed by atoms with van der Waals surface area (Å²) in [6.45, 7) is 5.05. The molecule has 0 bridgehead atoms. The van der Waals surface area contributed by atoms with Crippen LogP contribution in [0.4, 0.5) is 4.79 Å². The molecule has 7 aromatic rings. The molecule has 2 aliphatic rings. The Labute approximate surface area is 335 Å². The van der Waals surface area contributed by atoms with E-state index in [4.69, 9.17) is 21.4 Å². The number of nitrogens with one attached hydrogen (secondary N) is 1. The fourth-order valence-electron chi connectivity index (χ4n) is 8.51. The van der Waals surface area contributed by atoms with Crippen molar-refractivity contribution in [1.29, 1.82) is 0 Å². The highest BCUT2D eigenvalue weighted by Crippen LogP contribution is 2.47. The lowest BCUT2D eigenvalue weighted by molar-refractivity contribution is 0.142. The Morgan fingerprint density at radius 3 is 1.95 bits per heavy atom. The maximum Gasteiger partial charge on any atom is 0.407 e. The van der Waals surface area contributed by atoms with Crippen molar-refractivity contribution < 1.29 is 14.6 Å². The Bertz CT molecular complexity index is 2550. The number of hydrogen-bond acceptors (Lipinski definition) is 6. The SMILES string of the molecule is Cc1nn(CC2c3ccccc3-c3ccccc32)c(C)c1-c1cc(Cl)c(Sc2ncccc2CO)c(CNC(=O)OCC2c3ccccc3-c3ccccc32)c1. The first kappa shape index (κ1) is 36.0. The Morgan fingerprint density at radius 1 is 0.786 bits per heavy atom. The Kier molecular flexibility index (Phi) is 9.71. The Balaban J connectivity index is 1.01. The first-order valence-electron chi connectivity index (χ1n) is 18.8. The summed E-state index contributed by atoms with van der Waals surface area (Å²) in [7, 11) is 0. The number of carbonyl (C=O) groups is 1. The zero-order valence-corrected chi connectivity index (χ0v) is 32.6. The van der Waals surface area contributed by atoms with E-state index in [0.29, 0.717) is 22.2 Å². The number of aryl methyl sites for hydroxylation is 1. The molecule has 5 aromatic carbocycles. The highest BCUT2D eigenvalue weighted by molar-refractivity contribution is 7.99. The quantitative estimate of drug-likeness (QED) is 0.144. The molecule has 2 N–H and O–H groups in total. The van der Waals surface area contributed by atoms with Gasteiger partial charge in [-0.15, -0.1) is 0 Å². The highest BCUT2D eigenvalue weighted by Gasteiger charge is 2.31. The van der Waals surface area contributed by atoms with Crippen LogP contribution in [-0.2, 0) is 24.4 Å². The number of benzene rings is 5. The number of aliphatic hydroxyl groups excluding tert-OH is 1. The van der Waals surface area contributed by atoms with Gasteiger partial charge in [-0.25, -0.2) is 9.78 Å². The number of carbonyl (C=O) groups excluding carboxylic acids is 1. The predicted octanol–water partition coefficient (Wildman–Crippen LogP) is 10.7. The van der Waals surface area contributed by atoms with Crippen LogP contribution in [0, 0.1) is 13.8 Å². The Morgan fingerprint density at radius 2 is 1.36 bits per heavy atom. The van der Waals surface area contributed by atoms with Gasteiger partial charge in [-0.3, -0.25) is 4.68 Å². The van der Waals surface area contributed by atoms with Crippen LogP contribution < -0.4 is 5.32 Å². The summed E-state index contributed by atoms with van der Waals surface area (Å²) in [4.78, 5) is 18.7. The van der Waals surface area contributed by atoms with E-state index in [1.807, 2.05) is 43.3 Å². The number of pyridine rings is 1. The summed E-state index contributed by atoms with van der Waals surface area (Å²) in [5.74, 6) is 0.124. The molecule has 0 radical (unpaired) electrons. The van der Waals surface area contributed by atoms with Gasteiger partial charge in [0.2, 0.25) is 0 Å². The number of nitrogens with zero attached hydrogens (tertiary/aromatic N) is 3. The minimum atomic E-state index is -0.518. The molecule has 7 nitrogen and oxygen atoms in total. The lowest BCUT2D eigenvalue weighted by Gasteiger charge is -2.17. The van der Waals surface area contributed by atoms with Crippen molar-refractivity contribution in [2.45, 2.75) is 55.3 Å². The van der Waals surface area contributed by atoms with Crippen molar-refractivity contribution in [2.75, 3.05) is 6.61 Å². The number of amides is 1. The van der Waals surface area contributed by atoms with Gasteiger partial charge in [0, 0.05) is 46.3 Å². The minimum absolute atomic E-state index is 0.0493. The van der Waals surface area contributed by atoms with E-state index in [2.05, 4.69) is 101 Å². The average Bonchev–Trinajstić information content (AvgIpc) is 3.83. The number of alkyl carbamates (subject to hydrolysis) is 1. The molecule has 56 heavy (non-hydrogen) atoms. The first-order chi connectivity index (χ1) is 27.4. The molecule has 2 aliphatic carbocycles. The molecule has 278 valence electrons. The van der Waals surface area contributed by atoms with Gasteiger partial charge in [-0.1, -0.05) is 126 Å². The van der Waals surface area contributed by atoms with Crippen molar-refractivity contribution in [3.05, 3.63) is 177 Å². The molecule has 0 aliphatic heterocycles. The molecule has 0 atom stereocenters. The third kappa shape index (κ3) is 6.47. The van der Waals surface area contributed by atoms with E-state index < -0.39 is 6.09 Å². The predicted molar refractivity (Wildman–Crippen MR) is 222 cm³/mol. The van der Waals surface area contributed by atoms with E-state index in [0.717, 1.165) is 44.1 Å². The second-order valence-corrected chi connectivity index (χ2v) is 15.7. The molecule has 0 saturated heterocycles. The van der Waals surface area contributed by atoms with E-state index >= 15 is 0 Å². The fraction of sp³-hybridized carbons (Fsp3) is 0.170. The van der Waals surface area contributed by atoms with Crippen LogP contribution in [0.15, 0.2) is 137 Å². The molecule has 0 saturated carbocycles. The van der Waals surface area contributed by atoms with Crippen LogP contribution in [0.3, 0.4) is 0 Å². The van der Waals surface area contributed by atoms with Crippen LogP contribution in [-0.4, -0.2) is 32.6 Å². The normalized spacial score (nSPS) is 12.9. The molecule has 2 aromatic heterocycles. The van der Waals surface area contributed by atoms with Crippen LogP contribution >= 0.6 is 23.4 Å². The van der Waals surface area contributed by atoms with Gasteiger partial charge in [0.15, 0.2) is 0 Å². The maximum absolute atomic E-state index is 13.4. The molecule has 2 heterocycles. The average molecular weight is 775 g/mol. The maximum atomic E-state index is 13.4. The summed E-state index contributed by atoms with van der Waals surface area (Å²) in [6, 6.07) is 41.5. The molecular formula is C47H39ClN4O3S. The van der Waals surface area contributed by atoms with Gasteiger partial charge in [0.1, 0.15) is 11.6 Å². The van der Waals surface area contributed by atoms with Crippen molar-refractivity contribution >= 4 is 29.5 Å². The second kappa shape index (κ2) is 15.1. The fourth-order valence-corrected chi connectivity index (χ4v) is 9.86. The van der Waals surface area contributed by atoms with Gasteiger partial charge >= 0.3 is 6.09 Å². The summed E-state index contributed by atoms with van der Waals surface area (Å²) in [5.41, 5.74) is 15.1. The van der Waals surface area contributed by atoms with Crippen LogP contribution in [0.25, 0.3) is 33.4 Å². The molecule has 0 spiro atoms. The van der Waals surface area contributed by atoms with Crippen LogP contribution in [0.1, 0.15) is 56.6 Å². The zero-order chi connectivity index (χ0) is 38.3. The summed E-state index contributed by atoms with van der Waals surface area (Å²) < 4.78 is 8.02. The number of hydrogen-bond donors (Lipinski definition) is 2. The number of aliphatic hydroxyl groups is 1. The molecular weight excluding hydrogens is 736 g/mol. The molecule has 0 unspecified atom stereocenters. The lowest BCUT2D eigenvalue weighted by Crippen LogP contribution is -2.26. The largest absolute Gasteiger partial charge is 0.449 e. The molecule has 9 heteroatoms. The Hall–Kier alpha value is -5.67. The topological polar surface area (TPSA) is 89.3 Å². The van der Waals surface area contributed by atoms with Gasteiger partial charge in [0.05, 0.1) is 23.9 Å². The van der Waals surface area contributed by atoms with E-state index in [1.54, 1.807) is 12.3 Å². The molecule has 9 rings (SSSR count). The summed E-state index contributed by atoms with van der Waals surface area (Å²) in [5, 5.41) is 19.3. The van der Waals surface area contributed by atoms with E-state index in [-0.39, 0.29) is 31.6 Å². The van der Waals surface area contributed by atoms with Crippen LogP contribution in [0.5, 0.6) is 0 Å². The van der Waals surface area contributed by atoms with E-state index in [1.165, 1.54) is 45.1 Å². The van der Waals surface area contributed by atoms with E-state index in [9.17, 15) is 9.90 Å². The number of ether oxygens (including phenoxy) is 1. The van der Waals surface area contributed by atoms with Crippen LogP contribution in [0.2, 0.25) is 5.02 Å². The standard InChI is InChI=1S/C47H39ClN4O3S/c1-28-44(29(2)52(51-28)25-41-37-17-7-3-13-33(37)34-14-4-8-18-38(34)41)31-22-32(45(43(48)23-31)56-46-30(26-53)12-11-21-49-46)24-50-47(54)55-27-42-39-19-9-5-15-35(39)36-16-6-10-20-40(36)42/h3-23,41-42,53H,24-27H2,1-2H3,(H,50,54). The monoisotopic (exact) mass is 774 g/mol. The smallest absolute Gasteiger partial charge is 0.407 e.